The Bertz CT molecular complexity index is 947. The zero-order valence-corrected chi connectivity index (χ0v) is 15.3. The van der Waals surface area contributed by atoms with E-state index in [-0.39, 0.29) is 18.2 Å². The van der Waals surface area contributed by atoms with Crippen molar-refractivity contribution in [1.29, 1.82) is 0 Å². The molecule has 0 saturated carbocycles. The molecule has 0 bridgehead atoms. The number of amides is 2. The van der Waals surface area contributed by atoms with E-state index in [9.17, 15) is 9.59 Å². The first-order valence-electron chi connectivity index (χ1n) is 8.62. The van der Waals surface area contributed by atoms with Gasteiger partial charge in [-0.05, 0) is 32.1 Å². The van der Waals surface area contributed by atoms with Crippen molar-refractivity contribution in [1.82, 2.24) is 15.5 Å². The van der Waals surface area contributed by atoms with E-state index >= 15 is 0 Å². The van der Waals surface area contributed by atoms with Gasteiger partial charge in [-0.3, -0.25) is 14.7 Å². The Labute approximate surface area is 156 Å². The summed E-state index contributed by atoms with van der Waals surface area (Å²) in [6.45, 7) is 3.80. The first-order valence-corrected chi connectivity index (χ1v) is 8.62. The fourth-order valence-electron chi connectivity index (χ4n) is 3.26. The molecule has 0 radical (unpaired) electrons. The number of para-hydroxylation sites is 2. The normalized spacial score (nSPS) is 20.0. The van der Waals surface area contributed by atoms with Gasteiger partial charge in [0.1, 0.15) is 24.0 Å². The largest absolute Gasteiger partial charge is 0.489 e. The molecule has 8 nitrogen and oxygen atoms in total. The van der Waals surface area contributed by atoms with Crippen molar-refractivity contribution in [3.05, 3.63) is 47.5 Å². The Kier molecular flexibility index (Phi) is 3.91. The molecule has 0 saturated heterocycles. The number of hydrogen-bond acceptors (Lipinski definition) is 5. The van der Waals surface area contributed by atoms with E-state index in [0.717, 1.165) is 0 Å². The molecular weight excluding hydrogens is 348 g/mol. The predicted octanol–water partition coefficient (Wildman–Crippen LogP) is 1.80. The number of fused-ring (bicyclic) bond motifs is 2. The highest BCUT2D eigenvalue weighted by atomic mass is 16.5. The highest BCUT2D eigenvalue weighted by Crippen LogP contribution is 2.33. The summed E-state index contributed by atoms with van der Waals surface area (Å²) in [7, 11) is 1.66. The van der Waals surface area contributed by atoms with Crippen LogP contribution in [0, 0.1) is 0 Å². The second-order valence-corrected chi connectivity index (χ2v) is 6.99. The lowest BCUT2D eigenvalue weighted by atomic mass is 9.97. The topological polar surface area (TPSA) is 96.6 Å². The van der Waals surface area contributed by atoms with Gasteiger partial charge in [-0.1, -0.05) is 12.1 Å². The SMILES string of the molecule is CN1C(=O)[C@@H](NC(=O)c2n[nH]c3c2C=COC3(C)C)COc2ccccc21. The van der Waals surface area contributed by atoms with Gasteiger partial charge < -0.3 is 19.7 Å². The summed E-state index contributed by atoms with van der Waals surface area (Å²) in [5.74, 6) is -0.0999. The lowest BCUT2D eigenvalue weighted by Crippen LogP contribution is -2.49. The third-order valence-electron chi connectivity index (χ3n) is 4.78. The van der Waals surface area contributed by atoms with Crippen LogP contribution < -0.4 is 15.0 Å². The van der Waals surface area contributed by atoms with E-state index in [2.05, 4.69) is 15.5 Å². The van der Waals surface area contributed by atoms with Crippen LogP contribution in [0.1, 0.15) is 35.6 Å². The highest BCUT2D eigenvalue weighted by molar-refractivity contribution is 6.03. The predicted molar refractivity (Wildman–Crippen MR) is 98.3 cm³/mol. The summed E-state index contributed by atoms with van der Waals surface area (Å²) in [5.41, 5.74) is 1.64. The van der Waals surface area contributed by atoms with Crippen LogP contribution in [0.4, 0.5) is 5.69 Å². The summed E-state index contributed by atoms with van der Waals surface area (Å²) in [4.78, 5) is 27.1. The van der Waals surface area contributed by atoms with Crippen molar-refractivity contribution < 1.29 is 19.1 Å². The number of hydrogen-bond donors (Lipinski definition) is 2. The van der Waals surface area contributed by atoms with Crippen LogP contribution in [-0.2, 0) is 15.1 Å². The fourth-order valence-corrected chi connectivity index (χ4v) is 3.26. The Morgan fingerprint density at radius 3 is 2.96 bits per heavy atom. The van der Waals surface area contributed by atoms with Gasteiger partial charge in [0.15, 0.2) is 5.69 Å². The molecule has 2 amide bonds. The number of nitrogens with one attached hydrogen (secondary N) is 2. The van der Waals surface area contributed by atoms with Gasteiger partial charge in [0.2, 0.25) is 0 Å². The molecule has 2 N–H and O–H groups in total. The number of H-pyrrole nitrogens is 1. The first kappa shape index (κ1) is 17.1. The van der Waals surface area contributed by atoms with Crippen LogP contribution in [0.3, 0.4) is 0 Å². The van der Waals surface area contributed by atoms with Crippen molar-refractivity contribution in [2.24, 2.45) is 0 Å². The molecule has 2 aliphatic rings. The average Bonchev–Trinajstić information content (AvgIpc) is 3.05. The minimum atomic E-state index is -0.820. The summed E-state index contributed by atoms with van der Waals surface area (Å²) in [6.07, 6.45) is 3.23. The number of likely N-dealkylation sites (N-methyl/N-ethyl adjacent to an activating group) is 1. The van der Waals surface area contributed by atoms with E-state index in [1.165, 1.54) is 4.90 Å². The van der Waals surface area contributed by atoms with Crippen LogP contribution in [-0.4, -0.2) is 41.7 Å². The molecular formula is C19H20N4O4. The van der Waals surface area contributed by atoms with Gasteiger partial charge in [0.25, 0.3) is 11.8 Å². The number of benzene rings is 1. The van der Waals surface area contributed by atoms with Crippen LogP contribution in [0.2, 0.25) is 0 Å². The minimum absolute atomic E-state index is 0.0446. The lowest BCUT2D eigenvalue weighted by Gasteiger charge is -2.26. The van der Waals surface area contributed by atoms with Crippen LogP contribution >= 0.6 is 0 Å². The molecule has 3 heterocycles. The highest BCUT2D eigenvalue weighted by Gasteiger charge is 2.35. The van der Waals surface area contributed by atoms with Crippen molar-refractivity contribution in [2.45, 2.75) is 25.5 Å². The quantitative estimate of drug-likeness (QED) is 0.843. The molecule has 140 valence electrons. The maximum atomic E-state index is 12.8. The number of aromatic amines is 1. The standard InChI is InChI=1S/C19H20N4O4/c1-19(2)16-11(8-9-27-19)15(21-22-16)17(24)20-12-10-26-14-7-5-4-6-13(14)23(3)18(12)25/h4-9,12H,10H2,1-3H3,(H,20,24)(H,21,22)/t12-/m0/s1. The van der Waals surface area contributed by atoms with Crippen molar-refractivity contribution >= 4 is 23.6 Å². The molecule has 1 aromatic carbocycles. The van der Waals surface area contributed by atoms with Crippen molar-refractivity contribution in [3.63, 3.8) is 0 Å². The number of nitrogens with zero attached hydrogens (tertiary/aromatic N) is 2. The third kappa shape index (κ3) is 2.83. The number of ether oxygens (including phenoxy) is 2. The van der Waals surface area contributed by atoms with Gasteiger partial charge in [0, 0.05) is 12.6 Å². The van der Waals surface area contributed by atoms with Gasteiger partial charge in [-0.25, -0.2) is 0 Å². The third-order valence-corrected chi connectivity index (χ3v) is 4.78. The van der Waals surface area contributed by atoms with Gasteiger partial charge in [0.05, 0.1) is 17.6 Å². The van der Waals surface area contributed by atoms with Crippen LogP contribution in [0.5, 0.6) is 5.75 Å². The van der Waals surface area contributed by atoms with E-state index in [4.69, 9.17) is 9.47 Å². The Morgan fingerprint density at radius 1 is 1.37 bits per heavy atom. The fraction of sp³-hybridized carbons (Fsp3) is 0.316. The second-order valence-electron chi connectivity index (χ2n) is 6.99. The van der Waals surface area contributed by atoms with E-state index in [1.54, 1.807) is 31.5 Å². The van der Waals surface area contributed by atoms with E-state index in [1.807, 2.05) is 26.0 Å². The molecule has 2 aromatic rings. The number of anilines is 1. The summed E-state index contributed by atoms with van der Waals surface area (Å²) < 4.78 is 11.3. The maximum Gasteiger partial charge on any atom is 0.273 e. The van der Waals surface area contributed by atoms with E-state index < -0.39 is 17.6 Å². The number of carbonyl (C=O) groups is 2. The average molecular weight is 368 g/mol. The number of aromatic nitrogens is 2. The monoisotopic (exact) mass is 368 g/mol. The second kappa shape index (κ2) is 6.15. The number of rotatable bonds is 2. The molecule has 4 rings (SSSR count). The Balaban J connectivity index is 1.57. The zero-order chi connectivity index (χ0) is 19.2. The maximum absolute atomic E-state index is 12.8. The molecule has 0 fully saturated rings. The van der Waals surface area contributed by atoms with Gasteiger partial charge in [-0.2, -0.15) is 5.10 Å². The molecule has 0 unspecified atom stereocenters. The number of carbonyl (C=O) groups excluding carboxylic acids is 2. The van der Waals surface area contributed by atoms with Gasteiger partial charge in [-0.15, -0.1) is 0 Å². The zero-order valence-electron chi connectivity index (χ0n) is 15.3. The molecule has 1 aromatic heterocycles. The summed E-state index contributed by atoms with van der Waals surface area (Å²) >= 11 is 0. The summed E-state index contributed by atoms with van der Waals surface area (Å²) in [5, 5.41) is 9.74. The molecule has 0 aliphatic carbocycles. The molecule has 8 heteroatoms. The molecule has 0 spiro atoms. The summed E-state index contributed by atoms with van der Waals surface area (Å²) in [6, 6.07) is 6.44. The molecule has 27 heavy (non-hydrogen) atoms. The van der Waals surface area contributed by atoms with Crippen molar-refractivity contribution in [3.8, 4) is 5.75 Å². The van der Waals surface area contributed by atoms with Crippen LogP contribution in [0.15, 0.2) is 30.5 Å². The van der Waals surface area contributed by atoms with E-state index in [0.29, 0.717) is 22.7 Å². The Morgan fingerprint density at radius 2 is 2.15 bits per heavy atom. The molecule has 2 aliphatic heterocycles. The lowest BCUT2D eigenvalue weighted by molar-refractivity contribution is -0.120. The first-order chi connectivity index (χ1) is 12.9. The molecule has 1 atom stereocenters. The van der Waals surface area contributed by atoms with Crippen LogP contribution in [0.25, 0.3) is 6.08 Å². The Hall–Kier alpha value is -3.29. The minimum Gasteiger partial charge on any atom is -0.489 e. The van der Waals surface area contributed by atoms with Crippen molar-refractivity contribution in [2.75, 3.05) is 18.6 Å². The smallest absolute Gasteiger partial charge is 0.273 e. The van der Waals surface area contributed by atoms with Gasteiger partial charge >= 0.3 is 0 Å².